The van der Waals surface area contributed by atoms with Gasteiger partial charge >= 0.3 is 5.97 Å². The maximum atomic E-state index is 11.8. The van der Waals surface area contributed by atoms with Crippen molar-refractivity contribution < 1.29 is 17.9 Å². The van der Waals surface area contributed by atoms with Gasteiger partial charge < -0.3 is 10.5 Å². The fraction of sp³-hybridized carbons (Fsp3) is 0.100. The second kappa shape index (κ2) is 4.59. The van der Waals surface area contributed by atoms with Crippen molar-refractivity contribution in [3.8, 4) is 5.88 Å². The van der Waals surface area contributed by atoms with Crippen LogP contribution in [0.15, 0.2) is 22.5 Å². The summed E-state index contributed by atoms with van der Waals surface area (Å²) >= 11 is 0.853. The van der Waals surface area contributed by atoms with Crippen molar-refractivity contribution in [2.24, 2.45) is 5.73 Å². The predicted octanol–water partition coefficient (Wildman–Crippen LogP) is 0.889. The number of aromatic nitrogens is 1. The standard InChI is InChI=1S/C10H9N3O4S2/c1-5(14)17-9-8-6(2-3-13-9)4-7(18-8)19(15,16)10(11)12/h2-4H,1H3,(H3,11,12). The summed E-state index contributed by atoms with van der Waals surface area (Å²) in [6, 6.07) is 2.95. The van der Waals surface area contributed by atoms with E-state index in [1.54, 1.807) is 6.07 Å². The van der Waals surface area contributed by atoms with Gasteiger partial charge in [0, 0.05) is 18.5 Å². The lowest BCUT2D eigenvalue weighted by Gasteiger charge is -1.99. The maximum absolute atomic E-state index is 11.8. The number of fused-ring (bicyclic) bond motifs is 1. The Labute approximate surface area is 112 Å². The number of pyridine rings is 1. The average molecular weight is 299 g/mol. The van der Waals surface area contributed by atoms with E-state index < -0.39 is 21.0 Å². The SMILES string of the molecule is CC(=O)Oc1nccc2cc(S(=O)(=O)C(=N)N)sc12. The number of nitrogens with one attached hydrogen (secondary N) is 1. The third-order valence-corrected chi connectivity index (χ3v) is 5.24. The fourth-order valence-corrected chi connectivity index (χ4v) is 3.64. The molecule has 0 saturated carbocycles. The van der Waals surface area contributed by atoms with Crippen molar-refractivity contribution in [3.05, 3.63) is 18.3 Å². The topological polar surface area (TPSA) is 123 Å². The number of hydrogen-bond donors (Lipinski definition) is 2. The fourth-order valence-electron chi connectivity index (χ4n) is 1.37. The lowest BCUT2D eigenvalue weighted by atomic mass is 10.3. The van der Waals surface area contributed by atoms with Crippen molar-refractivity contribution in [3.63, 3.8) is 0 Å². The minimum Gasteiger partial charge on any atom is -0.406 e. The second-order valence-corrected chi connectivity index (χ2v) is 6.76. The molecule has 100 valence electrons. The second-order valence-electron chi connectivity index (χ2n) is 3.56. The maximum Gasteiger partial charge on any atom is 0.309 e. The molecule has 0 unspecified atom stereocenters. The van der Waals surface area contributed by atoms with Crippen LogP contribution in [0.5, 0.6) is 5.88 Å². The van der Waals surface area contributed by atoms with Crippen molar-refractivity contribution >= 4 is 42.4 Å². The van der Waals surface area contributed by atoms with Crippen molar-refractivity contribution in [2.45, 2.75) is 11.1 Å². The number of carbonyl (C=O) groups is 1. The molecule has 2 aromatic rings. The summed E-state index contributed by atoms with van der Waals surface area (Å²) in [5.41, 5.74) is 5.04. The minimum absolute atomic E-state index is 0.0417. The van der Waals surface area contributed by atoms with E-state index in [0.717, 1.165) is 11.3 Å². The van der Waals surface area contributed by atoms with Crippen LogP contribution in [0.25, 0.3) is 10.1 Å². The first kappa shape index (κ1) is 13.4. The van der Waals surface area contributed by atoms with E-state index >= 15 is 0 Å². The van der Waals surface area contributed by atoms with Crippen molar-refractivity contribution in [1.29, 1.82) is 5.41 Å². The van der Waals surface area contributed by atoms with Crippen LogP contribution in [0.1, 0.15) is 6.92 Å². The molecule has 3 N–H and O–H groups in total. The number of rotatable bonds is 2. The summed E-state index contributed by atoms with van der Waals surface area (Å²) in [5.74, 6) is -0.510. The normalized spacial score (nSPS) is 11.4. The Bertz CT molecular complexity index is 779. The number of sulfone groups is 1. The number of thiophene rings is 1. The van der Waals surface area contributed by atoms with Gasteiger partial charge in [0.25, 0.3) is 0 Å². The summed E-state index contributed by atoms with van der Waals surface area (Å²) < 4.78 is 28.8. The molecule has 19 heavy (non-hydrogen) atoms. The molecule has 2 rings (SSSR count). The van der Waals surface area contributed by atoms with Crippen molar-refractivity contribution in [1.82, 2.24) is 4.98 Å². The largest absolute Gasteiger partial charge is 0.406 e. The van der Waals surface area contributed by atoms with E-state index in [4.69, 9.17) is 15.9 Å². The van der Waals surface area contributed by atoms with Gasteiger partial charge in [-0.05, 0) is 12.1 Å². The molecule has 0 saturated heterocycles. The number of amidine groups is 1. The zero-order valence-electron chi connectivity index (χ0n) is 9.71. The van der Waals surface area contributed by atoms with Crippen molar-refractivity contribution in [2.75, 3.05) is 0 Å². The highest BCUT2D eigenvalue weighted by atomic mass is 32.2. The molecule has 2 heterocycles. The van der Waals surface area contributed by atoms with Gasteiger partial charge in [0.05, 0.1) is 4.70 Å². The van der Waals surface area contributed by atoms with Crippen LogP contribution in [0.2, 0.25) is 0 Å². The number of nitrogens with two attached hydrogens (primary N) is 1. The molecule has 7 nitrogen and oxygen atoms in total. The molecule has 2 aromatic heterocycles. The molecule has 0 aliphatic carbocycles. The number of nitrogens with zero attached hydrogens (tertiary/aromatic N) is 1. The third kappa shape index (κ3) is 2.42. The summed E-state index contributed by atoms with van der Waals surface area (Å²) in [4.78, 5) is 14.8. The number of carbonyl (C=O) groups excluding carboxylic acids is 1. The van der Waals surface area contributed by atoms with Gasteiger partial charge in [-0.1, -0.05) is 0 Å². The first-order chi connectivity index (χ1) is 8.82. The van der Waals surface area contributed by atoms with Gasteiger partial charge in [-0.15, -0.1) is 11.3 Å². The number of esters is 1. The van der Waals surface area contributed by atoms with E-state index in [9.17, 15) is 13.2 Å². The van der Waals surface area contributed by atoms with E-state index in [-0.39, 0.29) is 10.1 Å². The predicted molar refractivity (Wildman–Crippen MR) is 70.0 cm³/mol. The molecule has 0 amide bonds. The van der Waals surface area contributed by atoms with E-state index in [1.807, 2.05) is 0 Å². The lowest BCUT2D eigenvalue weighted by molar-refractivity contribution is -0.132. The molecule has 0 aliphatic heterocycles. The van der Waals surface area contributed by atoms with E-state index in [2.05, 4.69) is 4.98 Å². The molecule has 0 aliphatic rings. The first-order valence-corrected chi connectivity index (χ1v) is 7.28. The highest BCUT2D eigenvalue weighted by molar-refractivity contribution is 8.07. The first-order valence-electron chi connectivity index (χ1n) is 4.98. The lowest BCUT2D eigenvalue weighted by Crippen LogP contribution is -2.21. The molecule has 0 atom stereocenters. The third-order valence-electron chi connectivity index (χ3n) is 2.17. The quantitative estimate of drug-likeness (QED) is 0.482. The molecule has 0 spiro atoms. The molecule has 0 bridgehead atoms. The zero-order chi connectivity index (χ0) is 14.2. The van der Waals surface area contributed by atoms with Crippen LogP contribution in [0.4, 0.5) is 0 Å². The zero-order valence-corrected chi connectivity index (χ0v) is 11.3. The van der Waals surface area contributed by atoms with Crippen LogP contribution in [-0.4, -0.2) is 24.5 Å². The highest BCUT2D eigenvalue weighted by Gasteiger charge is 2.22. The van der Waals surface area contributed by atoms with Crippen LogP contribution >= 0.6 is 11.3 Å². The highest BCUT2D eigenvalue weighted by Crippen LogP contribution is 2.34. The van der Waals surface area contributed by atoms with Crippen LogP contribution in [0.3, 0.4) is 0 Å². The Balaban J connectivity index is 2.64. The van der Waals surface area contributed by atoms with Gasteiger partial charge in [0.1, 0.15) is 4.21 Å². The summed E-state index contributed by atoms with van der Waals surface area (Å²) in [6.45, 7) is 1.22. The van der Waals surface area contributed by atoms with E-state index in [1.165, 1.54) is 19.2 Å². The molecule has 9 heteroatoms. The molecule has 0 fully saturated rings. The summed E-state index contributed by atoms with van der Waals surface area (Å²) in [7, 11) is -3.97. The van der Waals surface area contributed by atoms with Crippen LogP contribution in [-0.2, 0) is 14.6 Å². The van der Waals surface area contributed by atoms with E-state index in [0.29, 0.717) is 10.1 Å². The molecule has 0 aromatic carbocycles. The Morgan fingerprint density at radius 2 is 2.21 bits per heavy atom. The monoisotopic (exact) mass is 299 g/mol. The molecule has 0 radical (unpaired) electrons. The summed E-state index contributed by atoms with van der Waals surface area (Å²) in [6.07, 6.45) is 1.40. The Hall–Kier alpha value is -2.00. The average Bonchev–Trinajstić information content (AvgIpc) is 2.73. The molecular weight excluding hydrogens is 290 g/mol. The molecular formula is C10H9N3O4S2. The van der Waals surface area contributed by atoms with Gasteiger partial charge in [-0.2, -0.15) is 0 Å². The van der Waals surface area contributed by atoms with Crippen LogP contribution < -0.4 is 10.5 Å². The Morgan fingerprint density at radius 1 is 1.53 bits per heavy atom. The van der Waals surface area contributed by atoms with Gasteiger partial charge in [0.15, 0.2) is 0 Å². The smallest absolute Gasteiger partial charge is 0.309 e. The number of ether oxygens (including phenoxy) is 1. The minimum atomic E-state index is -3.97. The van der Waals surface area contributed by atoms with Gasteiger partial charge in [-0.3, -0.25) is 10.2 Å². The number of hydrogen-bond acceptors (Lipinski definition) is 7. The van der Waals surface area contributed by atoms with Gasteiger partial charge in [0.2, 0.25) is 20.9 Å². The Kier molecular flexibility index (Phi) is 3.25. The van der Waals surface area contributed by atoms with Gasteiger partial charge in [-0.25, -0.2) is 13.4 Å². The van der Waals surface area contributed by atoms with Crippen LogP contribution in [0, 0.1) is 5.41 Å². The Morgan fingerprint density at radius 3 is 2.79 bits per heavy atom. The summed E-state index contributed by atoms with van der Waals surface area (Å²) in [5, 5.41) is 6.69.